The minimum atomic E-state index is -0.210. The second kappa shape index (κ2) is 7.32. The minimum Gasteiger partial charge on any atom is -0.469 e. The molecule has 1 heterocycles. The third-order valence-corrected chi connectivity index (χ3v) is 7.51. The van der Waals surface area contributed by atoms with Crippen LogP contribution in [0.4, 0.5) is 0 Å². The molecule has 0 aromatic carbocycles. The Kier molecular flexibility index (Phi) is 5.57. The summed E-state index contributed by atoms with van der Waals surface area (Å²) in [5, 5.41) is 0. The van der Waals surface area contributed by atoms with Crippen molar-refractivity contribution >= 4 is 11.8 Å². The molecule has 0 saturated heterocycles. The number of esters is 1. The van der Waals surface area contributed by atoms with Crippen molar-refractivity contribution in [1.29, 1.82) is 0 Å². The molecule has 5 atom stereocenters. The van der Waals surface area contributed by atoms with Gasteiger partial charge in [0.1, 0.15) is 5.78 Å². The molecule has 5 nitrogen and oxygen atoms in total. The number of carbonyl (C=O) groups excluding carboxylic acids is 2. The molecule has 0 N–H and O–H groups in total. The van der Waals surface area contributed by atoms with Crippen LogP contribution in [0.3, 0.4) is 0 Å². The summed E-state index contributed by atoms with van der Waals surface area (Å²) in [7, 11) is 3.23. The van der Waals surface area contributed by atoms with Gasteiger partial charge in [-0.2, -0.15) is 0 Å². The highest BCUT2D eigenvalue weighted by molar-refractivity contribution is 5.77. The van der Waals surface area contributed by atoms with Gasteiger partial charge in [-0.25, -0.2) is 0 Å². The topological polar surface area (TPSA) is 61.8 Å². The van der Waals surface area contributed by atoms with Crippen LogP contribution in [-0.4, -0.2) is 44.3 Å². The standard InChI is InChI=1S/C22H34O5/c1-13(23)9-18-20-15(12-27-18)14-11-22(4,17(20)10-19(24)25-5)8-7-16(14)21(2,3)26-6/h14,16-18H,7-12H2,1-6H3/t14-,16+,17+,18+,22+/m0/s1. The lowest BCUT2D eigenvalue weighted by Crippen LogP contribution is -2.50. The average molecular weight is 379 g/mol. The van der Waals surface area contributed by atoms with Crippen molar-refractivity contribution in [2.24, 2.45) is 23.2 Å². The maximum atomic E-state index is 12.2. The molecule has 5 heteroatoms. The zero-order chi connectivity index (χ0) is 20.0. The highest BCUT2D eigenvalue weighted by Crippen LogP contribution is 2.61. The highest BCUT2D eigenvalue weighted by atomic mass is 16.5. The van der Waals surface area contributed by atoms with E-state index in [9.17, 15) is 9.59 Å². The van der Waals surface area contributed by atoms with Crippen molar-refractivity contribution in [3.05, 3.63) is 11.1 Å². The summed E-state index contributed by atoms with van der Waals surface area (Å²) < 4.78 is 17.0. The maximum absolute atomic E-state index is 12.2. The van der Waals surface area contributed by atoms with E-state index in [1.165, 1.54) is 18.3 Å². The van der Waals surface area contributed by atoms with Crippen molar-refractivity contribution in [2.45, 2.75) is 71.5 Å². The van der Waals surface area contributed by atoms with Crippen LogP contribution in [0.15, 0.2) is 11.1 Å². The molecular formula is C22H34O5. The van der Waals surface area contributed by atoms with E-state index in [2.05, 4.69) is 20.8 Å². The molecule has 152 valence electrons. The van der Waals surface area contributed by atoms with Gasteiger partial charge in [0.25, 0.3) is 0 Å². The second-order valence-electron chi connectivity index (χ2n) is 9.44. The van der Waals surface area contributed by atoms with Gasteiger partial charge in [-0.3, -0.25) is 9.59 Å². The number of fused-ring (bicyclic) bond motifs is 3. The number of hydrogen-bond acceptors (Lipinski definition) is 5. The number of ketones is 1. The van der Waals surface area contributed by atoms with Gasteiger partial charge < -0.3 is 14.2 Å². The summed E-state index contributed by atoms with van der Waals surface area (Å²) in [5.74, 6) is 0.841. The quantitative estimate of drug-likeness (QED) is 0.521. The SMILES string of the molecule is COC(=O)C[C@@H]1C2=C(CO[C@@H]2CC(C)=O)[C@@H]2C[C@@]1(C)CC[C@H]2C(C)(C)OC. The number of hydrogen-bond donors (Lipinski definition) is 0. The van der Waals surface area contributed by atoms with E-state index in [-0.39, 0.29) is 34.8 Å². The third kappa shape index (κ3) is 3.61. The molecule has 0 radical (unpaired) electrons. The van der Waals surface area contributed by atoms with Gasteiger partial charge in [0.2, 0.25) is 0 Å². The minimum absolute atomic E-state index is 0.0285. The van der Waals surface area contributed by atoms with Crippen LogP contribution >= 0.6 is 0 Å². The zero-order valence-corrected chi connectivity index (χ0v) is 17.6. The fraction of sp³-hybridized carbons (Fsp3) is 0.818. The van der Waals surface area contributed by atoms with Gasteiger partial charge in [-0.05, 0) is 74.3 Å². The van der Waals surface area contributed by atoms with E-state index in [0.29, 0.717) is 31.3 Å². The summed E-state index contributed by atoms with van der Waals surface area (Å²) in [6.45, 7) is 8.83. The Morgan fingerprint density at radius 1 is 1.26 bits per heavy atom. The lowest BCUT2D eigenvalue weighted by atomic mass is 9.50. The molecule has 2 aliphatic carbocycles. The van der Waals surface area contributed by atoms with Crippen LogP contribution in [-0.2, 0) is 23.8 Å². The molecule has 0 unspecified atom stereocenters. The summed E-state index contributed by atoms with van der Waals surface area (Å²) in [6, 6.07) is 0. The lowest BCUT2D eigenvalue weighted by Gasteiger charge is -2.55. The van der Waals surface area contributed by atoms with Crippen molar-refractivity contribution < 1.29 is 23.8 Å². The van der Waals surface area contributed by atoms with Gasteiger partial charge >= 0.3 is 5.97 Å². The first kappa shape index (κ1) is 20.5. The average Bonchev–Trinajstić information content (AvgIpc) is 3.01. The molecule has 0 amide bonds. The van der Waals surface area contributed by atoms with E-state index in [1.807, 2.05) is 0 Å². The first-order valence-corrected chi connectivity index (χ1v) is 10.1. The molecule has 27 heavy (non-hydrogen) atoms. The second-order valence-corrected chi connectivity index (χ2v) is 9.44. The molecule has 2 bridgehead atoms. The monoisotopic (exact) mass is 378 g/mol. The lowest BCUT2D eigenvalue weighted by molar-refractivity contribution is -0.143. The van der Waals surface area contributed by atoms with E-state index < -0.39 is 0 Å². The Morgan fingerprint density at radius 3 is 2.56 bits per heavy atom. The van der Waals surface area contributed by atoms with Crippen LogP contribution in [0.25, 0.3) is 0 Å². The molecule has 0 aromatic heterocycles. The first-order chi connectivity index (χ1) is 12.6. The third-order valence-electron chi connectivity index (χ3n) is 7.51. The summed E-state index contributed by atoms with van der Waals surface area (Å²) in [5.41, 5.74) is 2.35. The number of ether oxygens (including phenoxy) is 3. The van der Waals surface area contributed by atoms with E-state index in [0.717, 1.165) is 19.3 Å². The number of methoxy groups -OCH3 is 2. The molecule has 3 aliphatic rings. The Balaban J connectivity index is 2.05. The van der Waals surface area contributed by atoms with Crippen molar-refractivity contribution in [3.63, 3.8) is 0 Å². The smallest absolute Gasteiger partial charge is 0.306 e. The Bertz CT molecular complexity index is 649. The van der Waals surface area contributed by atoms with Crippen LogP contribution in [0.2, 0.25) is 0 Å². The van der Waals surface area contributed by atoms with Crippen LogP contribution in [0, 0.1) is 23.2 Å². The largest absolute Gasteiger partial charge is 0.469 e. The van der Waals surface area contributed by atoms with Gasteiger partial charge in [0, 0.05) is 13.5 Å². The highest BCUT2D eigenvalue weighted by Gasteiger charge is 2.56. The van der Waals surface area contributed by atoms with Gasteiger partial charge in [0.05, 0.1) is 31.8 Å². The molecule has 3 rings (SSSR count). The summed E-state index contributed by atoms with van der Waals surface area (Å²) in [4.78, 5) is 24.0. The van der Waals surface area contributed by atoms with Gasteiger partial charge in [0.15, 0.2) is 0 Å². The van der Waals surface area contributed by atoms with Crippen LogP contribution in [0.5, 0.6) is 0 Å². The predicted molar refractivity (Wildman–Crippen MR) is 102 cm³/mol. The molecule has 1 saturated carbocycles. The van der Waals surface area contributed by atoms with Crippen molar-refractivity contribution in [3.8, 4) is 0 Å². The first-order valence-electron chi connectivity index (χ1n) is 10.1. The van der Waals surface area contributed by atoms with E-state index in [4.69, 9.17) is 14.2 Å². The number of rotatable bonds is 6. The predicted octanol–water partition coefficient (Wildman–Crippen LogP) is 3.70. The molecule has 0 spiro atoms. The van der Waals surface area contributed by atoms with Gasteiger partial charge in [-0.15, -0.1) is 0 Å². The normalized spacial score (nSPS) is 35.8. The fourth-order valence-corrected chi connectivity index (χ4v) is 5.85. The molecular weight excluding hydrogens is 344 g/mol. The van der Waals surface area contributed by atoms with Gasteiger partial charge in [-0.1, -0.05) is 6.92 Å². The molecule has 1 aliphatic heterocycles. The van der Waals surface area contributed by atoms with E-state index >= 15 is 0 Å². The van der Waals surface area contributed by atoms with Crippen LogP contribution in [0.1, 0.15) is 59.8 Å². The zero-order valence-electron chi connectivity index (χ0n) is 17.6. The maximum Gasteiger partial charge on any atom is 0.306 e. The molecule has 1 fully saturated rings. The van der Waals surface area contributed by atoms with Crippen molar-refractivity contribution in [2.75, 3.05) is 20.8 Å². The summed E-state index contributed by atoms with van der Waals surface area (Å²) in [6.07, 6.45) is 3.73. The number of carbonyl (C=O) groups is 2. The fourth-order valence-electron chi connectivity index (χ4n) is 5.85. The van der Waals surface area contributed by atoms with Crippen LogP contribution < -0.4 is 0 Å². The Labute approximate surface area is 162 Å². The Morgan fingerprint density at radius 2 is 1.96 bits per heavy atom. The van der Waals surface area contributed by atoms with Crippen molar-refractivity contribution in [1.82, 2.24) is 0 Å². The summed E-state index contributed by atoms with van der Waals surface area (Å²) >= 11 is 0. The Hall–Kier alpha value is -1.20. The number of Topliss-reactive ketones (excluding diaryl/α,β-unsaturated/α-hetero) is 1. The molecule has 0 aromatic rings. The van der Waals surface area contributed by atoms with E-state index in [1.54, 1.807) is 14.0 Å².